The van der Waals surface area contributed by atoms with Crippen molar-refractivity contribution >= 4 is 44.3 Å². The first-order valence-electron chi connectivity index (χ1n) is 4.40. The Hall–Kier alpha value is -0.410. The van der Waals surface area contributed by atoms with Gasteiger partial charge in [-0.3, -0.25) is 4.79 Å². The van der Waals surface area contributed by atoms with Gasteiger partial charge in [0, 0.05) is 9.13 Å². The van der Waals surface area contributed by atoms with E-state index in [9.17, 15) is 4.79 Å². The number of benzene rings is 1. The van der Waals surface area contributed by atoms with Crippen LogP contribution in [0.2, 0.25) is 0 Å². The van der Waals surface area contributed by atoms with Gasteiger partial charge in [-0.1, -0.05) is 28.1 Å². The van der Waals surface area contributed by atoms with E-state index in [-0.39, 0.29) is 17.0 Å². The van der Waals surface area contributed by atoms with E-state index >= 15 is 0 Å². The van der Waals surface area contributed by atoms with Gasteiger partial charge in [-0.2, -0.15) is 5.26 Å². The molecule has 0 saturated heterocycles. The molecule has 15 heavy (non-hydrogen) atoms. The quantitative estimate of drug-likeness (QED) is 0.460. The molecule has 1 rings (SSSR count). The van der Waals surface area contributed by atoms with Crippen LogP contribution in [0.15, 0.2) is 18.2 Å². The number of hydrogen-bond acceptors (Lipinski definition) is 2. The summed E-state index contributed by atoms with van der Waals surface area (Å²) in [7, 11) is 0. The van der Waals surface area contributed by atoms with Crippen LogP contribution in [-0.2, 0) is 6.42 Å². The molecule has 1 aromatic carbocycles. The number of carbonyl (C=O) groups is 1. The minimum atomic E-state index is -0.215. The maximum atomic E-state index is 11.8. The highest BCUT2D eigenvalue weighted by atomic mass is 127. The summed E-state index contributed by atoms with van der Waals surface area (Å²) in [6.07, 6.45) is 0.278. The summed E-state index contributed by atoms with van der Waals surface area (Å²) >= 11 is 5.40. The zero-order valence-electron chi connectivity index (χ0n) is 8.13. The van der Waals surface area contributed by atoms with E-state index in [0.717, 1.165) is 9.13 Å². The second-order valence-electron chi connectivity index (χ2n) is 3.08. The molecule has 0 aliphatic rings. The van der Waals surface area contributed by atoms with E-state index in [2.05, 4.69) is 44.6 Å². The third kappa shape index (κ3) is 3.02. The monoisotopic (exact) mass is 377 g/mol. The fourth-order valence-electron chi connectivity index (χ4n) is 1.26. The largest absolute Gasteiger partial charge is 0.293 e. The van der Waals surface area contributed by atoms with Gasteiger partial charge in [0.25, 0.3) is 0 Å². The molecule has 0 aliphatic heterocycles. The molecular weight excluding hydrogens is 369 g/mol. The Balaban J connectivity index is 3.23. The Morgan fingerprint density at radius 1 is 1.67 bits per heavy atom. The van der Waals surface area contributed by atoms with Crippen molar-refractivity contribution < 1.29 is 4.79 Å². The van der Waals surface area contributed by atoms with Crippen LogP contribution in [0.1, 0.15) is 22.8 Å². The first-order valence-corrected chi connectivity index (χ1v) is 6.40. The molecule has 1 aromatic rings. The summed E-state index contributed by atoms with van der Waals surface area (Å²) in [5.41, 5.74) is 1.48. The minimum absolute atomic E-state index is 0.0266. The van der Waals surface area contributed by atoms with Crippen LogP contribution in [0.4, 0.5) is 0 Å². The van der Waals surface area contributed by atoms with Crippen molar-refractivity contribution in [3.05, 3.63) is 32.9 Å². The van der Waals surface area contributed by atoms with Crippen LogP contribution < -0.4 is 0 Å². The number of Topliss-reactive ketones (excluding diaryl/α,β-unsaturated/α-hetero) is 1. The predicted octanol–water partition coefficient (Wildman–Crippen LogP) is 3.32. The van der Waals surface area contributed by atoms with Gasteiger partial charge in [-0.25, -0.2) is 0 Å². The summed E-state index contributed by atoms with van der Waals surface area (Å²) in [5.74, 6) is 0.0266. The van der Waals surface area contributed by atoms with Gasteiger partial charge in [-0.15, -0.1) is 0 Å². The molecule has 0 fully saturated rings. The molecule has 0 radical (unpaired) electrons. The molecule has 78 valence electrons. The zero-order chi connectivity index (χ0) is 11.4. The van der Waals surface area contributed by atoms with Crippen molar-refractivity contribution in [2.24, 2.45) is 0 Å². The Morgan fingerprint density at radius 2 is 2.33 bits per heavy atom. The number of halogens is 2. The van der Waals surface area contributed by atoms with Crippen LogP contribution in [-0.4, -0.2) is 10.6 Å². The van der Waals surface area contributed by atoms with Crippen LogP contribution >= 0.6 is 38.5 Å². The molecular formula is C11H9BrINO. The zero-order valence-corrected chi connectivity index (χ0v) is 11.9. The number of carbonyl (C=O) groups excluding carboxylic acids is 1. The maximum absolute atomic E-state index is 11.8. The molecule has 0 heterocycles. The summed E-state index contributed by atoms with van der Waals surface area (Å²) in [5, 5.41) is 8.71. The molecule has 1 atom stereocenters. The lowest BCUT2D eigenvalue weighted by Crippen LogP contribution is -2.13. The van der Waals surface area contributed by atoms with Crippen molar-refractivity contribution in [2.45, 2.75) is 18.2 Å². The number of ketones is 1. The maximum Gasteiger partial charge on any atom is 0.176 e. The van der Waals surface area contributed by atoms with Crippen LogP contribution in [0, 0.1) is 14.9 Å². The van der Waals surface area contributed by atoms with Crippen LogP contribution in [0.5, 0.6) is 0 Å². The Labute approximate surface area is 111 Å². The number of nitriles is 1. The molecule has 0 spiro atoms. The summed E-state index contributed by atoms with van der Waals surface area (Å²) < 4.78 is 0.966. The Morgan fingerprint density at radius 3 is 2.87 bits per heavy atom. The lowest BCUT2D eigenvalue weighted by atomic mass is 10.0. The van der Waals surface area contributed by atoms with Gasteiger partial charge in [-0.05, 0) is 41.1 Å². The van der Waals surface area contributed by atoms with Gasteiger partial charge >= 0.3 is 0 Å². The van der Waals surface area contributed by atoms with Crippen molar-refractivity contribution in [1.82, 2.24) is 0 Å². The molecule has 4 heteroatoms. The molecule has 2 nitrogen and oxygen atoms in total. The van der Waals surface area contributed by atoms with Gasteiger partial charge in [0.15, 0.2) is 5.78 Å². The molecule has 0 aromatic heterocycles. The van der Waals surface area contributed by atoms with E-state index in [4.69, 9.17) is 5.26 Å². The molecule has 0 N–H and O–H groups in total. The first kappa shape index (κ1) is 12.7. The van der Waals surface area contributed by atoms with Gasteiger partial charge in [0.2, 0.25) is 0 Å². The Kier molecular flexibility index (Phi) is 4.74. The topological polar surface area (TPSA) is 40.9 Å². The number of nitrogens with zero attached hydrogens (tertiary/aromatic N) is 1. The SMILES string of the molecule is CC(Br)C(=O)c1cccc(I)c1CC#N. The lowest BCUT2D eigenvalue weighted by Gasteiger charge is -2.09. The summed E-state index contributed by atoms with van der Waals surface area (Å²) in [6.45, 7) is 1.79. The van der Waals surface area contributed by atoms with E-state index < -0.39 is 0 Å². The van der Waals surface area contributed by atoms with Gasteiger partial charge in [0.05, 0.1) is 17.3 Å². The van der Waals surface area contributed by atoms with Crippen molar-refractivity contribution in [3.8, 4) is 6.07 Å². The smallest absolute Gasteiger partial charge is 0.176 e. The highest BCUT2D eigenvalue weighted by molar-refractivity contribution is 14.1. The highest BCUT2D eigenvalue weighted by Gasteiger charge is 2.17. The summed E-state index contributed by atoms with van der Waals surface area (Å²) in [4.78, 5) is 11.6. The Bertz CT molecular complexity index is 423. The minimum Gasteiger partial charge on any atom is -0.293 e. The summed E-state index contributed by atoms with van der Waals surface area (Å²) in [6, 6.07) is 7.60. The van der Waals surface area contributed by atoms with Crippen molar-refractivity contribution in [2.75, 3.05) is 0 Å². The van der Waals surface area contributed by atoms with Crippen molar-refractivity contribution in [3.63, 3.8) is 0 Å². The molecule has 0 amide bonds. The van der Waals surface area contributed by atoms with Gasteiger partial charge < -0.3 is 0 Å². The highest BCUT2D eigenvalue weighted by Crippen LogP contribution is 2.20. The molecule has 0 aliphatic carbocycles. The van der Waals surface area contributed by atoms with Crippen LogP contribution in [0.3, 0.4) is 0 Å². The van der Waals surface area contributed by atoms with E-state index in [1.807, 2.05) is 12.1 Å². The van der Waals surface area contributed by atoms with E-state index in [1.54, 1.807) is 13.0 Å². The molecule has 1 unspecified atom stereocenters. The fraction of sp³-hybridized carbons (Fsp3) is 0.273. The van der Waals surface area contributed by atoms with E-state index in [1.165, 1.54) is 0 Å². The standard InChI is InChI=1S/C11H9BrINO/c1-7(12)11(15)9-3-2-4-10(13)8(9)5-6-14/h2-4,7H,5H2,1H3. The predicted molar refractivity (Wildman–Crippen MR) is 71.2 cm³/mol. The average molecular weight is 378 g/mol. The fourth-order valence-corrected chi connectivity index (χ4v) is 2.20. The third-order valence-electron chi connectivity index (χ3n) is 2.00. The number of alkyl halides is 1. The van der Waals surface area contributed by atoms with Gasteiger partial charge in [0.1, 0.15) is 0 Å². The molecule has 0 saturated carbocycles. The molecule has 0 bridgehead atoms. The lowest BCUT2D eigenvalue weighted by molar-refractivity contribution is 0.0995. The van der Waals surface area contributed by atoms with E-state index in [0.29, 0.717) is 5.56 Å². The second-order valence-corrected chi connectivity index (χ2v) is 5.62. The second kappa shape index (κ2) is 5.61. The average Bonchev–Trinajstić information content (AvgIpc) is 2.20. The third-order valence-corrected chi connectivity index (χ3v) is 3.43. The van der Waals surface area contributed by atoms with Crippen LogP contribution in [0.25, 0.3) is 0 Å². The van der Waals surface area contributed by atoms with Crippen molar-refractivity contribution in [1.29, 1.82) is 5.26 Å². The normalized spacial score (nSPS) is 11.9. The first-order chi connectivity index (χ1) is 7.07. The number of rotatable bonds is 3. The number of hydrogen-bond donors (Lipinski definition) is 0.